The molecule has 1 heterocycles. The van der Waals surface area contributed by atoms with Gasteiger partial charge in [0.1, 0.15) is 11.2 Å². The molecule has 0 amide bonds. The molecule has 1 nitrogen and oxygen atoms in total. The van der Waals surface area contributed by atoms with E-state index in [1.54, 1.807) is 0 Å². The van der Waals surface area contributed by atoms with E-state index in [-0.39, 0.29) is 0 Å². The summed E-state index contributed by atoms with van der Waals surface area (Å²) in [4.78, 5) is 0. The van der Waals surface area contributed by atoms with E-state index < -0.39 is 0 Å². The van der Waals surface area contributed by atoms with Gasteiger partial charge in [0.05, 0.1) is 0 Å². The molecule has 0 aliphatic carbocycles. The number of hydrogen-bond donors (Lipinski definition) is 0. The van der Waals surface area contributed by atoms with E-state index in [2.05, 4.69) is 194 Å². The maximum absolute atomic E-state index is 6.79. The maximum Gasteiger partial charge on any atom is 0.136 e. The van der Waals surface area contributed by atoms with Gasteiger partial charge in [-0.1, -0.05) is 164 Å². The zero-order valence-corrected chi connectivity index (χ0v) is 28.9. The smallest absolute Gasteiger partial charge is 0.136 e. The Morgan fingerprint density at radius 2 is 0.811 bits per heavy atom. The summed E-state index contributed by atoms with van der Waals surface area (Å²) in [7, 11) is 0. The molecule has 0 atom stereocenters. The molecule has 0 unspecified atom stereocenters. The summed E-state index contributed by atoms with van der Waals surface area (Å²) in [5.74, 6) is 0. The van der Waals surface area contributed by atoms with Gasteiger partial charge >= 0.3 is 0 Å². The van der Waals surface area contributed by atoms with Crippen LogP contribution in [-0.2, 0) is 0 Å². The van der Waals surface area contributed by atoms with Crippen LogP contribution < -0.4 is 0 Å². The Kier molecular flexibility index (Phi) is 6.62. The molecule has 11 aromatic rings. The van der Waals surface area contributed by atoms with E-state index in [0.717, 1.165) is 33.1 Å². The van der Waals surface area contributed by atoms with Crippen molar-refractivity contribution >= 4 is 65.0 Å². The van der Waals surface area contributed by atoms with E-state index in [9.17, 15) is 0 Å². The number of benzene rings is 10. The van der Waals surface area contributed by atoms with Gasteiger partial charge in [-0.2, -0.15) is 0 Å². The first kappa shape index (κ1) is 29.7. The standard InChI is InChI=1S/C52H32O/c1-2-14-33(15-3-1)39-30-47(52-46-29-35-17-4-5-18-36(35)31-48(46)53-49(52)32-39)51-44-25-10-8-23-42(44)50(43-24-9-11-26-45(43)51)38-21-12-20-37(28-38)41-27-13-19-34-16-6-7-22-40(34)41/h1-32H. The van der Waals surface area contributed by atoms with Gasteiger partial charge in [0, 0.05) is 10.8 Å². The molecular formula is C52H32O. The lowest BCUT2D eigenvalue weighted by molar-refractivity contribution is 0.669. The summed E-state index contributed by atoms with van der Waals surface area (Å²) in [6, 6.07) is 70.6. The van der Waals surface area contributed by atoms with Crippen LogP contribution in [0.1, 0.15) is 0 Å². The molecule has 0 saturated heterocycles. The topological polar surface area (TPSA) is 13.1 Å². The third-order valence-electron chi connectivity index (χ3n) is 11.0. The van der Waals surface area contributed by atoms with E-state index in [0.29, 0.717) is 0 Å². The van der Waals surface area contributed by atoms with Gasteiger partial charge in [-0.05, 0) is 118 Å². The van der Waals surface area contributed by atoms with Crippen LogP contribution in [0.25, 0.3) is 110 Å². The maximum atomic E-state index is 6.79. The molecule has 53 heavy (non-hydrogen) atoms. The molecule has 1 aromatic heterocycles. The van der Waals surface area contributed by atoms with Crippen molar-refractivity contribution in [3.05, 3.63) is 194 Å². The first-order valence-corrected chi connectivity index (χ1v) is 18.3. The highest BCUT2D eigenvalue weighted by atomic mass is 16.3. The van der Waals surface area contributed by atoms with Crippen LogP contribution in [0.15, 0.2) is 199 Å². The summed E-state index contributed by atoms with van der Waals surface area (Å²) in [5, 5.41) is 12.1. The first-order chi connectivity index (χ1) is 26.3. The average Bonchev–Trinajstić information content (AvgIpc) is 3.59. The van der Waals surface area contributed by atoms with Gasteiger partial charge in [-0.15, -0.1) is 0 Å². The van der Waals surface area contributed by atoms with Crippen molar-refractivity contribution in [3.63, 3.8) is 0 Å². The lowest BCUT2D eigenvalue weighted by Crippen LogP contribution is -1.92. The van der Waals surface area contributed by atoms with Gasteiger partial charge in [0.25, 0.3) is 0 Å². The molecule has 0 aliphatic rings. The number of rotatable bonds is 4. The summed E-state index contributed by atoms with van der Waals surface area (Å²) >= 11 is 0. The number of hydrogen-bond acceptors (Lipinski definition) is 1. The number of furan rings is 1. The fraction of sp³-hybridized carbons (Fsp3) is 0. The minimum atomic E-state index is 0.895. The Hall–Kier alpha value is -6.96. The lowest BCUT2D eigenvalue weighted by Gasteiger charge is -2.19. The molecule has 1 heteroatoms. The molecule has 0 spiro atoms. The Morgan fingerprint density at radius 3 is 1.55 bits per heavy atom. The summed E-state index contributed by atoms with van der Waals surface area (Å²) in [6.45, 7) is 0. The lowest BCUT2D eigenvalue weighted by atomic mass is 9.83. The molecular weight excluding hydrogens is 641 g/mol. The van der Waals surface area contributed by atoms with Crippen LogP contribution in [-0.4, -0.2) is 0 Å². The second kappa shape index (κ2) is 11.8. The highest BCUT2D eigenvalue weighted by Crippen LogP contribution is 2.49. The third-order valence-corrected chi connectivity index (χ3v) is 11.0. The van der Waals surface area contributed by atoms with Gasteiger partial charge in [-0.3, -0.25) is 0 Å². The van der Waals surface area contributed by atoms with Crippen molar-refractivity contribution in [1.82, 2.24) is 0 Å². The predicted octanol–water partition coefficient (Wildman–Crippen LogP) is 14.9. The summed E-state index contributed by atoms with van der Waals surface area (Å²) in [5.41, 5.74) is 11.4. The van der Waals surface area contributed by atoms with Crippen molar-refractivity contribution in [1.29, 1.82) is 0 Å². The van der Waals surface area contributed by atoms with Gasteiger partial charge in [0.2, 0.25) is 0 Å². The summed E-state index contributed by atoms with van der Waals surface area (Å²) in [6.07, 6.45) is 0. The Balaban J connectivity index is 1.24. The molecule has 0 aliphatic heterocycles. The van der Waals surface area contributed by atoms with Gasteiger partial charge in [-0.25, -0.2) is 0 Å². The van der Waals surface area contributed by atoms with Crippen LogP contribution in [0.5, 0.6) is 0 Å². The quantitative estimate of drug-likeness (QED) is 0.170. The van der Waals surface area contributed by atoms with Crippen molar-refractivity contribution in [2.24, 2.45) is 0 Å². The second-order valence-corrected chi connectivity index (χ2v) is 14.0. The Bertz CT molecular complexity index is 3160. The van der Waals surface area contributed by atoms with Gasteiger partial charge in [0.15, 0.2) is 0 Å². The normalized spacial score (nSPS) is 11.8. The van der Waals surface area contributed by atoms with Crippen LogP contribution in [0.3, 0.4) is 0 Å². The average molecular weight is 673 g/mol. The zero-order valence-electron chi connectivity index (χ0n) is 28.9. The number of fused-ring (bicyclic) bond motifs is 7. The SMILES string of the molecule is c1ccc(-c2cc(-c3c4ccccc4c(-c4cccc(-c5cccc6ccccc56)c4)c4ccccc34)c3c(c2)oc2cc4ccccc4cc23)cc1. The molecule has 0 saturated carbocycles. The minimum absolute atomic E-state index is 0.895. The van der Waals surface area contributed by atoms with Gasteiger partial charge < -0.3 is 4.42 Å². The first-order valence-electron chi connectivity index (χ1n) is 18.3. The fourth-order valence-electron chi connectivity index (χ4n) is 8.63. The van der Waals surface area contributed by atoms with E-state index in [4.69, 9.17) is 4.42 Å². The van der Waals surface area contributed by atoms with E-state index in [1.807, 2.05) is 0 Å². The molecule has 10 aromatic carbocycles. The van der Waals surface area contributed by atoms with E-state index in [1.165, 1.54) is 76.5 Å². The molecule has 0 fully saturated rings. The van der Waals surface area contributed by atoms with Crippen molar-refractivity contribution in [2.75, 3.05) is 0 Å². The second-order valence-electron chi connectivity index (χ2n) is 14.0. The minimum Gasteiger partial charge on any atom is -0.456 e. The monoisotopic (exact) mass is 672 g/mol. The van der Waals surface area contributed by atoms with Crippen LogP contribution in [0, 0.1) is 0 Å². The molecule has 11 rings (SSSR count). The third kappa shape index (κ3) is 4.71. The largest absolute Gasteiger partial charge is 0.456 e. The van der Waals surface area contributed by atoms with Crippen molar-refractivity contribution in [3.8, 4) is 44.5 Å². The molecule has 246 valence electrons. The van der Waals surface area contributed by atoms with Crippen LogP contribution >= 0.6 is 0 Å². The highest BCUT2D eigenvalue weighted by Gasteiger charge is 2.22. The van der Waals surface area contributed by atoms with Crippen molar-refractivity contribution < 1.29 is 4.42 Å². The van der Waals surface area contributed by atoms with Crippen molar-refractivity contribution in [2.45, 2.75) is 0 Å². The van der Waals surface area contributed by atoms with E-state index >= 15 is 0 Å². The highest BCUT2D eigenvalue weighted by molar-refractivity contribution is 6.26. The molecule has 0 bridgehead atoms. The fourth-order valence-corrected chi connectivity index (χ4v) is 8.63. The Labute approximate surface area is 307 Å². The van der Waals surface area contributed by atoms with Crippen LogP contribution in [0.4, 0.5) is 0 Å². The predicted molar refractivity (Wildman–Crippen MR) is 225 cm³/mol. The zero-order chi connectivity index (χ0) is 34.9. The summed E-state index contributed by atoms with van der Waals surface area (Å²) < 4.78 is 6.79. The Morgan fingerprint density at radius 1 is 0.264 bits per heavy atom. The van der Waals surface area contributed by atoms with Crippen LogP contribution in [0.2, 0.25) is 0 Å². The molecule has 0 radical (unpaired) electrons. The molecule has 0 N–H and O–H groups in total.